The molecule has 7 nitrogen and oxygen atoms in total. The number of aryl methyl sites for hydroxylation is 2. The van der Waals surface area contributed by atoms with Crippen LogP contribution in [0.3, 0.4) is 0 Å². The number of aromatic nitrogens is 5. The first kappa shape index (κ1) is 13.2. The lowest BCUT2D eigenvalue weighted by Crippen LogP contribution is -2.10. The Labute approximate surface area is 130 Å². The van der Waals surface area contributed by atoms with Crippen molar-refractivity contribution < 1.29 is 4.42 Å². The van der Waals surface area contributed by atoms with Crippen LogP contribution in [0.5, 0.6) is 0 Å². The zero-order valence-electron chi connectivity index (χ0n) is 12.4. The lowest BCUT2D eigenvalue weighted by atomic mass is 10.2. The molecule has 4 rings (SSSR count). The molecule has 0 bridgehead atoms. The second-order valence-corrected chi connectivity index (χ2v) is 6.00. The highest BCUT2D eigenvalue weighted by Gasteiger charge is 2.16. The minimum Gasteiger partial charge on any atom is -0.422 e. The lowest BCUT2D eigenvalue weighted by molar-refractivity contribution is 0.550. The van der Waals surface area contributed by atoms with E-state index in [1.807, 2.05) is 36.0 Å². The summed E-state index contributed by atoms with van der Waals surface area (Å²) in [7, 11) is 0. The Hall–Kier alpha value is -2.48. The smallest absolute Gasteiger partial charge is 0.252 e. The van der Waals surface area contributed by atoms with Crippen LogP contribution in [0.15, 0.2) is 22.2 Å². The fourth-order valence-electron chi connectivity index (χ4n) is 2.37. The summed E-state index contributed by atoms with van der Waals surface area (Å²) in [5, 5.41) is 5.37. The molecule has 22 heavy (non-hydrogen) atoms. The number of nitrogens with one attached hydrogen (secondary N) is 1. The number of hydrogen-bond donors (Lipinski definition) is 1. The van der Waals surface area contributed by atoms with E-state index in [4.69, 9.17) is 4.42 Å². The van der Waals surface area contributed by atoms with E-state index in [0.29, 0.717) is 28.8 Å². The molecule has 8 heteroatoms. The summed E-state index contributed by atoms with van der Waals surface area (Å²) in [4.78, 5) is 18.7. The summed E-state index contributed by atoms with van der Waals surface area (Å²) in [6.07, 6.45) is 4.01. The standard InChI is InChI=1S/C14H14N6OS/c1-7(10-6-20-4-5-22-14(20)19-10)15-12-11-13(17-8(2)16-12)21-9(3)18-11/h4-7H,1-3H3,(H,15,16,17)/t7-/m0/s1. The van der Waals surface area contributed by atoms with Gasteiger partial charge in [0.2, 0.25) is 0 Å². The first-order chi connectivity index (χ1) is 10.6. The second kappa shape index (κ2) is 4.77. The molecule has 0 unspecified atom stereocenters. The summed E-state index contributed by atoms with van der Waals surface area (Å²) in [5.41, 5.74) is 2.11. The number of hydrogen-bond acceptors (Lipinski definition) is 7. The minimum atomic E-state index is 0.00149. The molecule has 4 aromatic rings. The molecule has 0 aromatic carbocycles. The molecule has 4 aromatic heterocycles. The van der Waals surface area contributed by atoms with Gasteiger partial charge in [-0.3, -0.25) is 4.40 Å². The molecule has 0 aliphatic carbocycles. The van der Waals surface area contributed by atoms with Crippen molar-refractivity contribution in [2.24, 2.45) is 0 Å². The Morgan fingerprint density at radius 3 is 2.91 bits per heavy atom. The summed E-state index contributed by atoms with van der Waals surface area (Å²) < 4.78 is 7.51. The van der Waals surface area contributed by atoms with Crippen molar-refractivity contribution >= 4 is 33.3 Å². The molecule has 0 aliphatic heterocycles. The van der Waals surface area contributed by atoms with Gasteiger partial charge in [-0.1, -0.05) is 0 Å². The predicted molar refractivity (Wildman–Crippen MR) is 84.2 cm³/mol. The number of anilines is 1. The third-order valence-corrected chi connectivity index (χ3v) is 4.16. The van der Waals surface area contributed by atoms with Gasteiger partial charge in [-0.2, -0.15) is 4.98 Å². The van der Waals surface area contributed by atoms with E-state index < -0.39 is 0 Å². The number of oxazole rings is 1. The van der Waals surface area contributed by atoms with E-state index in [-0.39, 0.29) is 6.04 Å². The minimum absolute atomic E-state index is 0.00149. The first-order valence-electron chi connectivity index (χ1n) is 6.90. The van der Waals surface area contributed by atoms with Crippen LogP contribution in [0, 0.1) is 13.8 Å². The maximum Gasteiger partial charge on any atom is 0.252 e. The Kier molecular flexibility index (Phi) is 2.86. The van der Waals surface area contributed by atoms with E-state index in [1.54, 1.807) is 18.3 Å². The zero-order valence-corrected chi connectivity index (χ0v) is 13.2. The van der Waals surface area contributed by atoms with Crippen molar-refractivity contribution in [2.75, 3.05) is 5.32 Å². The summed E-state index contributed by atoms with van der Waals surface area (Å²) in [6, 6.07) is 0.00149. The Balaban J connectivity index is 1.71. The zero-order chi connectivity index (χ0) is 15.3. The summed E-state index contributed by atoms with van der Waals surface area (Å²) >= 11 is 1.61. The average Bonchev–Trinajstić information content (AvgIpc) is 3.10. The van der Waals surface area contributed by atoms with Gasteiger partial charge in [-0.05, 0) is 13.8 Å². The van der Waals surface area contributed by atoms with E-state index in [9.17, 15) is 0 Å². The largest absolute Gasteiger partial charge is 0.422 e. The van der Waals surface area contributed by atoms with Crippen LogP contribution in [-0.4, -0.2) is 24.3 Å². The molecule has 0 saturated carbocycles. The number of nitrogens with zero attached hydrogens (tertiary/aromatic N) is 5. The molecule has 112 valence electrons. The summed E-state index contributed by atoms with van der Waals surface area (Å²) in [5.74, 6) is 1.89. The van der Waals surface area contributed by atoms with Gasteiger partial charge >= 0.3 is 0 Å². The van der Waals surface area contributed by atoms with Crippen LogP contribution < -0.4 is 5.32 Å². The van der Waals surface area contributed by atoms with Crippen molar-refractivity contribution in [1.29, 1.82) is 0 Å². The van der Waals surface area contributed by atoms with E-state index in [0.717, 1.165) is 10.7 Å². The number of imidazole rings is 1. The maximum atomic E-state index is 5.49. The quantitative estimate of drug-likeness (QED) is 0.626. The van der Waals surface area contributed by atoms with Gasteiger partial charge in [0.25, 0.3) is 5.71 Å². The van der Waals surface area contributed by atoms with Crippen LogP contribution >= 0.6 is 11.3 Å². The van der Waals surface area contributed by atoms with Crippen LogP contribution in [0.4, 0.5) is 5.82 Å². The highest BCUT2D eigenvalue weighted by atomic mass is 32.1. The van der Waals surface area contributed by atoms with E-state index in [1.165, 1.54) is 0 Å². The van der Waals surface area contributed by atoms with Crippen molar-refractivity contribution in [3.8, 4) is 0 Å². The monoisotopic (exact) mass is 314 g/mol. The van der Waals surface area contributed by atoms with Gasteiger partial charge in [-0.25, -0.2) is 15.0 Å². The van der Waals surface area contributed by atoms with Crippen molar-refractivity contribution in [3.05, 3.63) is 35.2 Å². The normalized spacial score (nSPS) is 13.0. The molecule has 0 saturated heterocycles. The van der Waals surface area contributed by atoms with Crippen molar-refractivity contribution in [2.45, 2.75) is 26.8 Å². The molecule has 0 spiro atoms. The van der Waals surface area contributed by atoms with Crippen LogP contribution in [0.2, 0.25) is 0 Å². The van der Waals surface area contributed by atoms with Gasteiger partial charge in [0, 0.05) is 24.7 Å². The third kappa shape index (κ3) is 2.12. The molecular weight excluding hydrogens is 300 g/mol. The SMILES string of the molecule is Cc1nc(N[C@@H](C)c2cn3ccsc3n2)c2nc(C)oc2n1. The van der Waals surface area contributed by atoms with Crippen LogP contribution in [-0.2, 0) is 0 Å². The molecular formula is C14H14N6OS. The molecule has 0 radical (unpaired) electrons. The lowest BCUT2D eigenvalue weighted by Gasteiger charge is -2.12. The molecule has 4 heterocycles. The van der Waals surface area contributed by atoms with E-state index >= 15 is 0 Å². The number of thiazole rings is 1. The Morgan fingerprint density at radius 2 is 2.09 bits per heavy atom. The molecule has 1 atom stereocenters. The third-order valence-electron chi connectivity index (χ3n) is 3.39. The first-order valence-corrected chi connectivity index (χ1v) is 7.78. The average molecular weight is 314 g/mol. The topological polar surface area (TPSA) is 81.1 Å². The Bertz CT molecular complexity index is 940. The van der Waals surface area contributed by atoms with Crippen LogP contribution in [0.1, 0.15) is 30.4 Å². The Morgan fingerprint density at radius 1 is 1.23 bits per heavy atom. The summed E-state index contributed by atoms with van der Waals surface area (Å²) in [6.45, 7) is 5.68. The highest BCUT2D eigenvalue weighted by Crippen LogP contribution is 2.25. The van der Waals surface area contributed by atoms with Gasteiger partial charge in [-0.15, -0.1) is 11.3 Å². The van der Waals surface area contributed by atoms with Crippen molar-refractivity contribution in [1.82, 2.24) is 24.3 Å². The predicted octanol–water partition coefficient (Wildman–Crippen LogP) is 3.12. The molecule has 1 N–H and O–H groups in total. The van der Waals surface area contributed by atoms with Crippen LogP contribution in [0.25, 0.3) is 16.2 Å². The molecule has 0 fully saturated rings. The number of fused-ring (bicyclic) bond motifs is 2. The number of rotatable bonds is 3. The molecule has 0 aliphatic rings. The second-order valence-electron chi connectivity index (χ2n) is 5.13. The van der Waals surface area contributed by atoms with Gasteiger partial charge < -0.3 is 9.73 Å². The van der Waals surface area contributed by atoms with Gasteiger partial charge in [0.1, 0.15) is 5.82 Å². The van der Waals surface area contributed by atoms with Gasteiger partial charge in [0.15, 0.2) is 22.2 Å². The highest BCUT2D eigenvalue weighted by molar-refractivity contribution is 7.15. The fourth-order valence-corrected chi connectivity index (χ4v) is 3.07. The molecule has 0 amide bonds. The maximum absolute atomic E-state index is 5.49. The van der Waals surface area contributed by atoms with Gasteiger partial charge in [0.05, 0.1) is 11.7 Å². The fraction of sp³-hybridized carbons (Fsp3) is 0.286. The van der Waals surface area contributed by atoms with Crippen molar-refractivity contribution in [3.63, 3.8) is 0 Å². The van der Waals surface area contributed by atoms with E-state index in [2.05, 4.69) is 25.3 Å².